The van der Waals surface area contributed by atoms with Crippen LogP contribution in [0.15, 0.2) is 0 Å². The van der Waals surface area contributed by atoms with E-state index in [1.54, 1.807) is 0 Å². The minimum absolute atomic E-state index is 0.237. The van der Waals surface area contributed by atoms with Gasteiger partial charge in [0.05, 0.1) is 5.41 Å². The van der Waals surface area contributed by atoms with Crippen molar-refractivity contribution >= 4 is 5.91 Å². The van der Waals surface area contributed by atoms with Crippen LogP contribution in [-0.4, -0.2) is 18.5 Å². The predicted octanol–water partition coefficient (Wildman–Crippen LogP) is 2.84. The minimum Gasteiger partial charge on any atom is -0.353 e. The lowest BCUT2D eigenvalue weighted by Crippen LogP contribution is -2.51. The fraction of sp³-hybridized carbons (Fsp3) is 0.938. The smallest absolute Gasteiger partial charge is 0.227 e. The van der Waals surface area contributed by atoms with Gasteiger partial charge in [0.15, 0.2) is 0 Å². The molecule has 0 radical (unpaired) electrons. The zero-order chi connectivity index (χ0) is 13.9. The van der Waals surface area contributed by atoms with Crippen LogP contribution >= 0.6 is 0 Å². The van der Waals surface area contributed by atoms with E-state index in [9.17, 15) is 4.79 Å². The molecule has 110 valence electrons. The quantitative estimate of drug-likeness (QED) is 0.825. The lowest BCUT2D eigenvalue weighted by Gasteiger charge is -2.38. The number of rotatable bonds is 3. The van der Waals surface area contributed by atoms with E-state index in [2.05, 4.69) is 19.2 Å². The topological polar surface area (TPSA) is 55.1 Å². The molecule has 3 heteroatoms. The maximum absolute atomic E-state index is 12.6. The minimum atomic E-state index is -0.259. The summed E-state index contributed by atoms with van der Waals surface area (Å²) in [4.78, 5) is 12.6. The number of nitrogens with two attached hydrogens (primary N) is 1. The van der Waals surface area contributed by atoms with Crippen molar-refractivity contribution in [1.29, 1.82) is 0 Å². The van der Waals surface area contributed by atoms with Crippen LogP contribution in [0.2, 0.25) is 0 Å². The van der Waals surface area contributed by atoms with Gasteiger partial charge in [-0.2, -0.15) is 0 Å². The first-order valence-corrected chi connectivity index (χ1v) is 8.08. The van der Waals surface area contributed by atoms with E-state index in [1.807, 2.05) is 0 Å². The first-order valence-electron chi connectivity index (χ1n) is 8.08. The van der Waals surface area contributed by atoms with Crippen LogP contribution in [-0.2, 0) is 4.79 Å². The first kappa shape index (κ1) is 14.8. The van der Waals surface area contributed by atoms with Crippen molar-refractivity contribution in [3.63, 3.8) is 0 Å². The molecule has 0 spiro atoms. The number of nitrogens with one attached hydrogen (secondary N) is 1. The molecule has 0 aromatic rings. The number of hydrogen-bond acceptors (Lipinski definition) is 2. The van der Waals surface area contributed by atoms with Gasteiger partial charge in [-0.05, 0) is 43.9 Å². The highest BCUT2D eigenvalue weighted by atomic mass is 16.2. The summed E-state index contributed by atoms with van der Waals surface area (Å²) < 4.78 is 0. The van der Waals surface area contributed by atoms with Gasteiger partial charge in [-0.3, -0.25) is 4.79 Å². The molecule has 3 unspecified atom stereocenters. The van der Waals surface area contributed by atoms with Gasteiger partial charge >= 0.3 is 0 Å². The molecule has 2 aliphatic carbocycles. The molecule has 3 N–H and O–H groups in total. The Labute approximate surface area is 117 Å². The van der Waals surface area contributed by atoms with Gasteiger partial charge in [0.2, 0.25) is 5.91 Å². The normalized spacial score (nSPS) is 34.8. The predicted molar refractivity (Wildman–Crippen MR) is 78.7 cm³/mol. The summed E-state index contributed by atoms with van der Waals surface area (Å²) in [6.45, 7) is 5.14. The summed E-state index contributed by atoms with van der Waals surface area (Å²) in [6.07, 6.45) is 9.04. The Balaban J connectivity index is 1.92. The second-order valence-electron chi connectivity index (χ2n) is 6.98. The second-order valence-corrected chi connectivity index (χ2v) is 6.98. The average molecular weight is 266 g/mol. The summed E-state index contributed by atoms with van der Waals surface area (Å²) in [5.41, 5.74) is 5.67. The number of carbonyl (C=O) groups excluding carboxylic acids is 1. The largest absolute Gasteiger partial charge is 0.353 e. The summed E-state index contributed by atoms with van der Waals surface area (Å²) >= 11 is 0. The molecule has 1 amide bonds. The van der Waals surface area contributed by atoms with Crippen molar-refractivity contribution in [1.82, 2.24) is 5.32 Å². The highest BCUT2D eigenvalue weighted by Gasteiger charge is 2.39. The molecular formula is C16H30N2O. The van der Waals surface area contributed by atoms with Gasteiger partial charge in [-0.15, -0.1) is 0 Å². The summed E-state index contributed by atoms with van der Waals surface area (Å²) in [6, 6.07) is 0.379. The molecule has 0 bridgehead atoms. The van der Waals surface area contributed by atoms with Crippen LogP contribution in [0.5, 0.6) is 0 Å². The van der Waals surface area contributed by atoms with E-state index in [0.29, 0.717) is 12.6 Å². The molecular weight excluding hydrogens is 236 g/mol. The van der Waals surface area contributed by atoms with Gasteiger partial charge in [-0.1, -0.05) is 33.1 Å². The summed E-state index contributed by atoms with van der Waals surface area (Å²) in [5, 5.41) is 3.31. The third-order valence-electron chi connectivity index (χ3n) is 5.62. The number of amides is 1. The Morgan fingerprint density at radius 1 is 1.16 bits per heavy atom. The van der Waals surface area contributed by atoms with E-state index in [4.69, 9.17) is 5.73 Å². The van der Waals surface area contributed by atoms with Gasteiger partial charge in [0, 0.05) is 12.6 Å². The standard InChI is InChI=1S/C16H30N2O/c1-12-6-7-14(10-13(12)2)18-15(19)16(11-17)8-4-3-5-9-16/h12-14H,3-11,17H2,1-2H3,(H,18,19). The van der Waals surface area contributed by atoms with Gasteiger partial charge in [0.1, 0.15) is 0 Å². The van der Waals surface area contributed by atoms with E-state index in [1.165, 1.54) is 12.8 Å². The van der Waals surface area contributed by atoms with Crippen LogP contribution < -0.4 is 11.1 Å². The molecule has 0 aromatic heterocycles. The Hall–Kier alpha value is -0.570. The van der Waals surface area contributed by atoms with Crippen molar-refractivity contribution in [3.05, 3.63) is 0 Å². The van der Waals surface area contributed by atoms with Crippen LogP contribution in [0.4, 0.5) is 0 Å². The fourth-order valence-electron chi connectivity index (χ4n) is 3.77. The Morgan fingerprint density at radius 3 is 2.42 bits per heavy atom. The van der Waals surface area contributed by atoms with Crippen molar-refractivity contribution in [3.8, 4) is 0 Å². The molecule has 2 saturated carbocycles. The lowest BCUT2D eigenvalue weighted by atomic mass is 9.72. The SMILES string of the molecule is CC1CCC(NC(=O)C2(CN)CCCCC2)CC1C. The van der Waals surface area contributed by atoms with Crippen molar-refractivity contribution in [2.75, 3.05) is 6.54 Å². The molecule has 0 heterocycles. The average Bonchev–Trinajstić information content (AvgIpc) is 2.43. The molecule has 0 aromatic carbocycles. The highest BCUT2D eigenvalue weighted by Crippen LogP contribution is 2.36. The summed E-state index contributed by atoms with van der Waals surface area (Å²) in [5.74, 6) is 1.76. The van der Waals surface area contributed by atoms with Crippen LogP contribution in [0.3, 0.4) is 0 Å². The summed E-state index contributed by atoms with van der Waals surface area (Å²) in [7, 11) is 0. The second kappa shape index (κ2) is 6.25. The van der Waals surface area contributed by atoms with Crippen molar-refractivity contribution in [2.45, 2.75) is 71.3 Å². The third-order valence-corrected chi connectivity index (χ3v) is 5.62. The molecule has 0 aliphatic heterocycles. The number of carbonyl (C=O) groups is 1. The van der Waals surface area contributed by atoms with Crippen molar-refractivity contribution < 1.29 is 4.79 Å². The Bertz CT molecular complexity index is 310. The zero-order valence-electron chi connectivity index (χ0n) is 12.6. The van der Waals surface area contributed by atoms with Gasteiger partial charge in [0.25, 0.3) is 0 Å². The van der Waals surface area contributed by atoms with Crippen LogP contribution in [0.25, 0.3) is 0 Å². The zero-order valence-corrected chi connectivity index (χ0v) is 12.6. The fourth-order valence-corrected chi connectivity index (χ4v) is 3.77. The van der Waals surface area contributed by atoms with E-state index in [0.717, 1.165) is 50.4 Å². The molecule has 3 nitrogen and oxygen atoms in total. The third kappa shape index (κ3) is 3.31. The molecule has 2 rings (SSSR count). The Morgan fingerprint density at radius 2 is 1.84 bits per heavy atom. The van der Waals surface area contributed by atoms with E-state index in [-0.39, 0.29) is 11.3 Å². The first-order chi connectivity index (χ1) is 9.07. The van der Waals surface area contributed by atoms with Gasteiger partial charge < -0.3 is 11.1 Å². The molecule has 2 fully saturated rings. The lowest BCUT2D eigenvalue weighted by molar-refractivity contribution is -0.133. The maximum Gasteiger partial charge on any atom is 0.227 e. The van der Waals surface area contributed by atoms with Gasteiger partial charge in [-0.25, -0.2) is 0 Å². The molecule has 0 saturated heterocycles. The molecule has 19 heavy (non-hydrogen) atoms. The molecule has 3 atom stereocenters. The van der Waals surface area contributed by atoms with E-state index >= 15 is 0 Å². The van der Waals surface area contributed by atoms with Crippen molar-refractivity contribution in [2.24, 2.45) is 23.0 Å². The van der Waals surface area contributed by atoms with Crippen LogP contribution in [0.1, 0.15) is 65.2 Å². The maximum atomic E-state index is 12.6. The number of hydrogen-bond donors (Lipinski definition) is 2. The monoisotopic (exact) mass is 266 g/mol. The van der Waals surface area contributed by atoms with Crippen LogP contribution in [0, 0.1) is 17.3 Å². The molecule has 2 aliphatic rings. The Kier molecular flexibility index (Phi) is 4.88. The highest BCUT2D eigenvalue weighted by molar-refractivity contribution is 5.83. The van der Waals surface area contributed by atoms with E-state index < -0.39 is 0 Å².